The van der Waals surface area contributed by atoms with Gasteiger partial charge in [-0.2, -0.15) is 0 Å². The van der Waals surface area contributed by atoms with Crippen LogP contribution in [0.15, 0.2) is 40.6 Å². The Labute approximate surface area is 178 Å². The summed E-state index contributed by atoms with van der Waals surface area (Å²) < 4.78 is 39.9. The number of halogens is 3. The van der Waals surface area contributed by atoms with Crippen LogP contribution in [0.3, 0.4) is 0 Å². The van der Waals surface area contributed by atoms with Crippen LogP contribution in [0.2, 0.25) is 0 Å². The first-order chi connectivity index (χ1) is 14.2. The smallest absolute Gasteiger partial charge is 0.339 e. The van der Waals surface area contributed by atoms with E-state index in [9.17, 15) is 22.8 Å². The minimum Gasteiger partial charge on any atom is -0.478 e. The number of carbonyl (C=O) groups excluding carboxylic acids is 1. The van der Waals surface area contributed by atoms with Crippen LogP contribution >= 0.6 is 23.1 Å². The van der Waals surface area contributed by atoms with Crippen molar-refractivity contribution in [2.75, 3.05) is 17.2 Å². The highest BCUT2D eigenvalue weighted by atomic mass is 32.2. The van der Waals surface area contributed by atoms with Crippen LogP contribution in [-0.4, -0.2) is 23.1 Å². The maximum atomic E-state index is 13.8. The molecule has 0 saturated heterocycles. The number of thiophene rings is 1. The molecule has 2 aromatic carbocycles. The third-order valence-corrected chi connectivity index (χ3v) is 5.66. The molecule has 3 aromatic rings. The molecule has 0 unspecified atom stereocenters. The molecule has 3 rings (SSSR count). The first kappa shape index (κ1) is 23.3. The first-order valence-electron chi connectivity index (χ1n) is 8.34. The fraction of sp³-hybridized carbons (Fsp3) is 0.100. The number of anilines is 2. The van der Waals surface area contributed by atoms with Crippen molar-refractivity contribution in [1.29, 1.82) is 0 Å². The van der Waals surface area contributed by atoms with E-state index in [2.05, 4.69) is 0 Å². The summed E-state index contributed by atoms with van der Waals surface area (Å²) in [5.74, 6) is -3.33. The highest BCUT2D eigenvalue weighted by molar-refractivity contribution is 8.00. The lowest BCUT2D eigenvalue weighted by Gasteiger charge is -2.06. The Morgan fingerprint density at radius 1 is 1.13 bits per heavy atom. The summed E-state index contributed by atoms with van der Waals surface area (Å²) in [6.07, 6.45) is 0.759. The molecule has 0 amide bonds. The van der Waals surface area contributed by atoms with E-state index in [0.717, 1.165) is 17.6 Å². The Balaban J connectivity index is 0.000000232. The van der Waals surface area contributed by atoms with E-state index in [1.807, 2.05) is 0 Å². The average Bonchev–Trinajstić information content (AvgIpc) is 3.09. The summed E-state index contributed by atoms with van der Waals surface area (Å²) in [5, 5.41) is 10.5. The SMILES string of the molecule is Cc1ccc(-c2csc(N)c2C(=O)O)c(F)c1F.Nc1ccc(F)cc1SCC=O. The van der Waals surface area contributed by atoms with Crippen molar-refractivity contribution in [2.24, 2.45) is 0 Å². The molecule has 5 nitrogen and oxygen atoms in total. The van der Waals surface area contributed by atoms with Gasteiger partial charge in [0.1, 0.15) is 22.7 Å². The fourth-order valence-electron chi connectivity index (χ4n) is 2.40. The predicted molar refractivity (Wildman–Crippen MR) is 113 cm³/mol. The zero-order valence-corrected chi connectivity index (χ0v) is 17.3. The van der Waals surface area contributed by atoms with E-state index in [4.69, 9.17) is 16.6 Å². The van der Waals surface area contributed by atoms with Gasteiger partial charge < -0.3 is 21.4 Å². The number of carbonyl (C=O) groups is 2. The first-order valence-corrected chi connectivity index (χ1v) is 10.2. The monoisotopic (exact) mass is 454 g/mol. The summed E-state index contributed by atoms with van der Waals surface area (Å²) in [7, 11) is 0. The summed E-state index contributed by atoms with van der Waals surface area (Å²) in [6, 6.07) is 6.85. The van der Waals surface area contributed by atoms with E-state index in [1.165, 1.54) is 54.4 Å². The zero-order chi connectivity index (χ0) is 22.4. The Morgan fingerprint density at radius 2 is 1.83 bits per heavy atom. The summed E-state index contributed by atoms with van der Waals surface area (Å²) in [6.45, 7) is 1.43. The number of carboxylic acid groups (broad SMARTS) is 1. The highest BCUT2D eigenvalue weighted by Gasteiger charge is 2.22. The molecule has 0 aliphatic heterocycles. The normalized spacial score (nSPS) is 10.3. The molecule has 0 atom stereocenters. The fourth-order valence-corrected chi connectivity index (χ4v) is 3.89. The molecule has 0 radical (unpaired) electrons. The largest absolute Gasteiger partial charge is 0.478 e. The molecule has 10 heteroatoms. The molecule has 0 spiro atoms. The highest BCUT2D eigenvalue weighted by Crippen LogP contribution is 2.36. The third kappa shape index (κ3) is 5.33. The van der Waals surface area contributed by atoms with Gasteiger partial charge in [-0.3, -0.25) is 0 Å². The number of nitrogen functional groups attached to an aromatic ring is 2. The van der Waals surface area contributed by atoms with Gasteiger partial charge in [-0.1, -0.05) is 12.1 Å². The molecule has 1 heterocycles. The number of aromatic carboxylic acids is 1. The number of hydrogen-bond donors (Lipinski definition) is 3. The molecule has 30 heavy (non-hydrogen) atoms. The lowest BCUT2D eigenvalue weighted by Crippen LogP contribution is -2.02. The number of thioether (sulfide) groups is 1. The second-order valence-corrected chi connectivity index (χ2v) is 7.88. The van der Waals surface area contributed by atoms with Crippen molar-refractivity contribution in [3.05, 3.63) is 64.3 Å². The molecular formula is C20H17F3N2O3S2. The quantitative estimate of drug-likeness (QED) is 0.285. The van der Waals surface area contributed by atoms with Gasteiger partial charge in [0.25, 0.3) is 0 Å². The van der Waals surface area contributed by atoms with Crippen LogP contribution in [0.5, 0.6) is 0 Å². The zero-order valence-electron chi connectivity index (χ0n) is 15.6. The minimum absolute atomic E-state index is 0.0675. The van der Waals surface area contributed by atoms with Gasteiger partial charge in [-0.05, 0) is 30.7 Å². The summed E-state index contributed by atoms with van der Waals surface area (Å²) in [4.78, 5) is 21.7. The van der Waals surface area contributed by atoms with Crippen LogP contribution in [0.1, 0.15) is 15.9 Å². The van der Waals surface area contributed by atoms with Crippen LogP contribution in [0.4, 0.5) is 23.9 Å². The van der Waals surface area contributed by atoms with Gasteiger partial charge in [0.2, 0.25) is 0 Å². The van der Waals surface area contributed by atoms with E-state index in [1.54, 1.807) is 0 Å². The molecule has 0 bridgehead atoms. The van der Waals surface area contributed by atoms with Crippen molar-refractivity contribution in [3.63, 3.8) is 0 Å². The van der Waals surface area contributed by atoms with Crippen molar-refractivity contribution < 1.29 is 27.9 Å². The van der Waals surface area contributed by atoms with E-state index in [0.29, 0.717) is 16.3 Å². The number of rotatable bonds is 5. The van der Waals surface area contributed by atoms with Crippen LogP contribution in [0.25, 0.3) is 11.1 Å². The lowest BCUT2D eigenvalue weighted by molar-refractivity contribution is -0.105. The van der Waals surface area contributed by atoms with Crippen LogP contribution in [0, 0.1) is 24.4 Å². The summed E-state index contributed by atoms with van der Waals surface area (Å²) in [5.41, 5.74) is 11.5. The number of aldehydes is 1. The van der Waals surface area contributed by atoms with Gasteiger partial charge >= 0.3 is 5.97 Å². The molecule has 0 fully saturated rings. The Kier molecular flexibility index (Phi) is 7.90. The predicted octanol–water partition coefficient (Wildman–Crippen LogP) is 4.98. The average molecular weight is 454 g/mol. The van der Waals surface area contributed by atoms with Crippen LogP contribution in [-0.2, 0) is 4.79 Å². The van der Waals surface area contributed by atoms with E-state index in [-0.39, 0.29) is 33.1 Å². The number of benzene rings is 2. The molecule has 0 aliphatic rings. The number of aryl methyl sites for hydroxylation is 1. The van der Waals surface area contributed by atoms with Gasteiger partial charge in [-0.15, -0.1) is 23.1 Å². The van der Waals surface area contributed by atoms with Gasteiger partial charge in [0, 0.05) is 27.1 Å². The van der Waals surface area contributed by atoms with Crippen molar-refractivity contribution >= 4 is 46.0 Å². The Hall–Kier alpha value is -2.98. The number of nitrogens with two attached hydrogens (primary N) is 2. The van der Waals surface area contributed by atoms with Crippen molar-refractivity contribution in [3.8, 4) is 11.1 Å². The van der Waals surface area contributed by atoms with Gasteiger partial charge in [0.05, 0.1) is 5.75 Å². The molecule has 1 aromatic heterocycles. The molecule has 5 N–H and O–H groups in total. The Morgan fingerprint density at radius 3 is 2.47 bits per heavy atom. The van der Waals surface area contributed by atoms with E-state index < -0.39 is 17.6 Å². The maximum Gasteiger partial charge on any atom is 0.339 e. The van der Waals surface area contributed by atoms with Crippen molar-refractivity contribution in [1.82, 2.24) is 0 Å². The number of hydrogen-bond acceptors (Lipinski definition) is 6. The van der Waals surface area contributed by atoms with Crippen LogP contribution < -0.4 is 11.5 Å². The molecule has 0 saturated carbocycles. The third-order valence-electron chi connectivity index (χ3n) is 3.88. The lowest BCUT2D eigenvalue weighted by atomic mass is 10.0. The maximum absolute atomic E-state index is 13.8. The summed E-state index contributed by atoms with van der Waals surface area (Å²) >= 11 is 2.21. The second-order valence-electron chi connectivity index (χ2n) is 5.91. The second kappa shape index (κ2) is 10.2. The molecule has 158 valence electrons. The number of carboxylic acids is 1. The molecular weight excluding hydrogens is 437 g/mol. The Bertz CT molecular complexity index is 1090. The minimum atomic E-state index is -1.26. The van der Waals surface area contributed by atoms with Gasteiger partial charge in [-0.25, -0.2) is 18.0 Å². The standard InChI is InChI=1S/C12H9F2NO2S.C8H8FNOS/c1-5-2-3-6(10(14)9(5)13)7-4-18-11(15)8(7)12(16)17;9-6-1-2-7(10)8(5-6)12-4-3-11/h2-4H,15H2,1H3,(H,16,17);1-3,5H,4,10H2. The van der Waals surface area contributed by atoms with E-state index >= 15 is 0 Å². The molecule has 0 aliphatic carbocycles. The van der Waals surface area contributed by atoms with Crippen molar-refractivity contribution in [2.45, 2.75) is 11.8 Å². The topological polar surface area (TPSA) is 106 Å². The van der Waals surface area contributed by atoms with Gasteiger partial charge in [0.15, 0.2) is 11.6 Å².